The van der Waals surface area contributed by atoms with Crippen LogP contribution in [0, 0.1) is 0 Å². The van der Waals surface area contributed by atoms with E-state index < -0.39 is 8.80 Å². The van der Waals surface area contributed by atoms with Crippen molar-refractivity contribution in [2.45, 2.75) is 59.3 Å². The molecule has 2 aliphatic rings. The van der Waals surface area contributed by atoms with Crippen LogP contribution in [0.2, 0.25) is 0 Å². The smallest absolute Gasteiger partial charge is 0.241 e. The van der Waals surface area contributed by atoms with Crippen molar-refractivity contribution in [3.05, 3.63) is 150 Å². The molecular weight excluding hydrogens is 609 g/mol. The lowest BCUT2D eigenvalue weighted by atomic mass is 9.34. The van der Waals surface area contributed by atoms with Crippen LogP contribution in [0.15, 0.2) is 133 Å². The number of rotatable bonds is 6. The molecule has 0 spiro atoms. The predicted octanol–water partition coefficient (Wildman–Crippen LogP) is 7.71. The summed E-state index contributed by atoms with van der Waals surface area (Å²) in [4.78, 5) is 2.40. The minimum atomic E-state index is -1.86. The first-order chi connectivity index (χ1) is 23.8. The minimum Gasteiger partial charge on any atom is -0.453 e. The number of hydrogen-bond donors (Lipinski definition) is 0. The van der Waals surface area contributed by atoms with E-state index in [9.17, 15) is 0 Å². The second-order valence-corrected chi connectivity index (χ2v) is 17.4. The molecule has 0 aromatic heterocycles. The van der Waals surface area contributed by atoms with Crippen molar-refractivity contribution in [2.24, 2.45) is 0 Å². The van der Waals surface area contributed by atoms with Crippen LogP contribution in [0.1, 0.15) is 76.0 Å². The zero-order chi connectivity index (χ0) is 33.8. The molecule has 8 rings (SSSR count). The second kappa shape index (κ2) is 12.6. The Hall–Kier alpha value is -4.80. The Kier molecular flexibility index (Phi) is 8.08. The maximum atomic E-state index is 6.42. The SMILES string of the molecule is CC(C)c1cc(C(C)C)c(B2c3ccccc3[SiH](c3ccccc3)c3cc(N4c5ccccc5Oc5ccccc54)ccc32)c(C(C)C)c1. The number of para-hydroxylation sites is 4. The topological polar surface area (TPSA) is 12.5 Å². The largest absolute Gasteiger partial charge is 0.453 e. The molecule has 0 fully saturated rings. The summed E-state index contributed by atoms with van der Waals surface area (Å²) in [5.74, 6) is 3.06. The third-order valence-corrected chi connectivity index (χ3v) is 13.9. The van der Waals surface area contributed by atoms with Crippen LogP contribution in [0.3, 0.4) is 0 Å². The molecule has 4 heteroatoms. The number of fused-ring (bicyclic) bond motifs is 4. The van der Waals surface area contributed by atoms with Crippen LogP contribution < -0.4 is 41.6 Å². The van der Waals surface area contributed by atoms with E-state index in [1.807, 2.05) is 0 Å². The molecule has 0 saturated heterocycles. The van der Waals surface area contributed by atoms with Crippen LogP contribution >= 0.6 is 0 Å². The van der Waals surface area contributed by atoms with Crippen LogP contribution in [0.5, 0.6) is 11.5 Å². The lowest BCUT2D eigenvalue weighted by molar-refractivity contribution is 0.477. The van der Waals surface area contributed by atoms with Crippen molar-refractivity contribution in [1.82, 2.24) is 0 Å². The van der Waals surface area contributed by atoms with Crippen LogP contribution in [-0.2, 0) is 0 Å². The second-order valence-electron chi connectivity index (χ2n) is 14.7. The van der Waals surface area contributed by atoms with Gasteiger partial charge in [0.1, 0.15) is 8.80 Å². The van der Waals surface area contributed by atoms with Crippen LogP contribution in [0.4, 0.5) is 17.1 Å². The fourth-order valence-electron chi connectivity index (χ4n) is 8.23. The third kappa shape index (κ3) is 5.34. The zero-order valence-electron chi connectivity index (χ0n) is 29.4. The standard InChI is InChI=1S/C45H44BNOSi/c1-29(2)32-26-35(30(3)4)45(36(27-32)31(5)6)46-37-18-10-15-23-43(37)49(34-16-8-7-9-17-34)44-28-33(24-25-38(44)46)47-39-19-11-13-21-41(39)48-42-22-14-12-20-40(42)47/h7-31,49H,1-6H3. The number of nitrogens with zero attached hydrogens (tertiary/aromatic N) is 1. The van der Waals surface area contributed by atoms with Gasteiger partial charge >= 0.3 is 0 Å². The van der Waals surface area contributed by atoms with Gasteiger partial charge in [0, 0.05) is 5.69 Å². The van der Waals surface area contributed by atoms with Crippen molar-refractivity contribution < 1.29 is 4.74 Å². The quantitative estimate of drug-likeness (QED) is 0.171. The molecule has 2 nitrogen and oxygen atoms in total. The van der Waals surface area contributed by atoms with E-state index in [-0.39, 0.29) is 6.71 Å². The van der Waals surface area contributed by atoms with Gasteiger partial charge in [0.2, 0.25) is 6.71 Å². The molecule has 0 saturated carbocycles. The molecule has 0 N–H and O–H groups in total. The van der Waals surface area contributed by atoms with E-state index in [0.29, 0.717) is 17.8 Å². The zero-order valence-corrected chi connectivity index (χ0v) is 30.6. The Morgan fingerprint density at radius 3 is 1.69 bits per heavy atom. The Morgan fingerprint density at radius 1 is 0.531 bits per heavy atom. The van der Waals surface area contributed by atoms with Gasteiger partial charge in [-0.05, 0) is 70.8 Å². The van der Waals surface area contributed by atoms with Gasteiger partial charge in [0.25, 0.3) is 0 Å². The summed E-state index contributed by atoms with van der Waals surface area (Å²) in [6.45, 7) is 14.3. The van der Waals surface area contributed by atoms with Gasteiger partial charge in [0.15, 0.2) is 11.5 Å². The fraction of sp³-hybridized carbons (Fsp3) is 0.200. The van der Waals surface area contributed by atoms with Crippen molar-refractivity contribution in [3.8, 4) is 11.5 Å². The molecule has 0 aliphatic carbocycles. The van der Waals surface area contributed by atoms with Crippen molar-refractivity contribution >= 4 is 64.5 Å². The van der Waals surface area contributed by atoms with E-state index in [1.54, 1.807) is 0 Å². The molecule has 1 atom stereocenters. The molecule has 242 valence electrons. The Bertz CT molecular complexity index is 2100. The molecule has 6 aromatic rings. The summed E-state index contributed by atoms with van der Waals surface area (Å²) in [6, 6.07) is 49.9. The van der Waals surface area contributed by atoms with Crippen LogP contribution in [-0.4, -0.2) is 15.5 Å². The van der Waals surface area contributed by atoms with E-state index in [2.05, 4.69) is 180 Å². The summed E-state index contributed by atoms with van der Waals surface area (Å²) < 4.78 is 6.42. The fourth-order valence-corrected chi connectivity index (χ4v) is 11.7. The Balaban J connectivity index is 1.43. The van der Waals surface area contributed by atoms with Gasteiger partial charge in [-0.3, -0.25) is 0 Å². The summed E-state index contributed by atoms with van der Waals surface area (Å²) in [7, 11) is -1.86. The van der Waals surface area contributed by atoms with Crippen molar-refractivity contribution in [2.75, 3.05) is 4.90 Å². The van der Waals surface area contributed by atoms with Gasteiger partial charge < -0.3 is 9.64 Å². The molecule has 6 aromatic carbocycles. The van der Waals surface area contributed by atoms with Gasteiger partial charge in [-0.1, -0.05) is 171 Å². The van der Waals surface area contributed by atoms with Gasteiger partial charge in [-0.2, -0.15) is 0 Å². The summed E-state index contributed by atoms with van der Waals surface area (Å²) >= 11 is 0. The average molecular weight is 654 g/mol. The normalized spacial score (nSPS) is 14.8. The Morgan fingerprint density at radius 2 is 1.08 bits per heavy atom. The van der Waals surface area contributed by atoms with E-state index >= 15 is 0 Å². The maximum Gasteiger partial charge on any atom is 0.241 e. The average Bonchev–Trinajstić information content (AvgIpc) is 3.12. The molecular formula is C45H44BNOSi. The lowest BCUT2D eigenvalue weighted by Crippen LogP contribution is -2.75. The summed E-state index contributed by atoms with van der Waals surface area (Å²) in [6.07, 6.45) is 0. The van der Waals surface area contributed by atoms with Gasteiger partial charge in [0.05, 0.1) is 11.4 Å². The molecule has 2 heterocycles. The molecule has 0 bridgehead atoms. The molecule has 0 amide bonds. The van der Waals surface area contributed by atoms with Crippen molar-refractivity contribution in [1.29, 1.82) is 0 Å². The van der Waals surface area contributed by atoms with E-state index in [4.69, 9.17) is 4.74 Å². The lowest BCUT2D eigenvalue weighted by Gasteiger charge is -2.37. The number of benzene rings is 6. The first-order valence-electron chi connectivity index (χ1n) is 17.9. The summed E-state index contributed by atoms with van der Waals surface area (Å²) in [5.41, 5.74) is 12.2. The molecule has 1 unspecified atom stereocenters. The van der Waals surface area contributed by atoms with Gasteiger partial charge in [-0.15, -0.1) is 0 Å². The van der Waals surface area contributed by atoms with Gasteiger partial charge in [-0.25, -0.2) is 0 Å². The molecule has 2 aliphatic heterocycles. The highest BCUT2D eigenvalue weighted by Crippen LogP contribution is 2.49. The van der Waals surface area contributed by atoms with E-state index in [0.717, 1.165) is 22.9 Å². The summed E-state index contributed by atoms with van der Waals surface area (Å²) in [5, 5.41) is 4.49. The molecule has 0 radical (unpaired) electrons. The third-order valence-electron chi connectivity index (χ3n) is 10.6. The maximum absolute atomic E-state index is 6.42. The van der Waals surface area contributed by atoms with Crippen molar-refractivity contribution in [3.63, 3.8) is 0 Å². The highest BCUT2D eigenvalue weighted by Gasteiger charge is 2.40. The minimum absolute atomic E-state index is 0.160. The molecule has 49 heavy (non-hydrogen) atoms. The first kappa shape index (κ1) is 31.5. The van der Waals surface area contributed by atoms with Crippen LogP contribution in [0.25, 0.3) is 0 Å². The first-order valence-corrected chi connectivity index (χ1v) is 19.7. The highest BCUT2D eigenvalue weighted by atomic mass is 28.3. The monoisotopic (exact) mass is 653 g/mol. The Labute approximate surface area is 294 Å². The van der Waals surface area contributed by atoms with E-state index in [1.165, 1.54) is 54.3 Å². The predicted molar refractivity (Wildman–Crippen MR) is 213 cm³/mol. The number of hydrogen-bond acceptors (Lipinski definition) is 2. The number of anilines is 3. The number of ether oxygens (including phenoxy) is 1. The highest BCUT2D eigenvalue weighted by molar-refractivity contribution is 7.11.